The smallest absolute Gasteiger partial charge is 0.260 e. The SMILES string of the molecule is CC(C)CCNC(=O)C(C)Oc1ccc2c(c1)C(c1ccc(F)cc1)N(C(=O)C(C)C)CC2. The molecule has 1 N–H and O–H groups in total. The van der Waals surface area contributed by atoms with Gasteiger partial charge in [-0.05, 0) is 66.6 Å². The summed E-state index contributed by atoms with van der Waals surface area (Å²) in [4.78, 5) is 27.3. The van der Waals surface area contributed by atoms with Crippen LogP contribution in [0, 0.1) is 17.7 Å². The number of hydrogen-bond donors (Lipinski definition) is 1. The number of benzene rings is 2. The number of nitrogens with one attached hydrogen (secondary N) is 1. The number of amides is 2. The first-order valence-electron chi connectivity index (χ1n) is 11.8. The molecule has 2 aromatic rings. The van der Waals surface area contributed by atoms with Crippen molar-refractivity contribution in [1.82, 2.24) is 10.2 Å². The van der Waals surface area contributed by atoms with Crippen LogP contribution in [-0.4, -0.2) is 35.9 Å². The van der Waals surface area contributed by atoms with Gasteiger partial charge in [0.15, 0.2) is 6.10 Å². The van der Waals surface area contributed by atoms with E-state index in [1.807, 2.05) is 36.9 Å². The lowest BCUT2D eigenvalue weighted by molar-refractivity contribution is -0.136. The quantitative estimate of drug-likeness (QED) is 0.618. The second kappa shape index (κ2) is 10.8. The van der Waals surface area contributed by atoms with Crippen LogP contribution < -0.4 is 10.1 Å². The molecule has 2 amide bonds. The fourth-order valence-corrected chi connectivity index (χ4v) is 4.13. The first-order valence-corrected chi connectivity index (χ1v) is 11.8. The van der Waals surface area contributed by atoms with Crippen LogP contribution in [0.4, 0.5) is 4.39 Å². The number of ether oxygens (including phenoxy) is 1. The summed E-state index contributed by atoms with van der Waals surface area (Å²) < 4.78 is 19.6. The fraction of sp³-hybridized carbons (Fsp3) is 0.481. The van der Waals surface area contributed by atoms with E-state index in [0.717, 1.165) is 29.5 Å². The third-order valence-corrected chi connectivity index (χ3v) is 6.01. The van der Waals surface area contributed by atoms with E-state index in [9.17, 15) is 14.0 Å². The first kappa shape index (κ1) is 24.7. The maximum atomic E-state index is 13.6. The molecule has 0 saturated carbocycles. The number of carbonyl (C=O) groups is 2. The van der Waals surface area contributed by atoms with Gasteiger partial charge < -0.3 is 15.0 Å². The molecule has 33 heavy (non-hydrogen) atoms. The number of nitrogens with zero attached hydrogens (tertiary/aromatic N) is 1. The Hall–Kier alpha value is -2.89. The highest BCUT2D eigenvalue weighted by Crippen LogP contribution is 2.38. The fourth-order valence-electron chi connectivity index (χ4n) is 4.13. The number of carbonyl (C=O) groups excluding carboxylic acids is 2. The molecule has 0 aromatic heterocycles. The van der Waals surface area contributed by atoms with Crippen molar-refractivity contribution in [3.05, 3.63) is 65.0 Å². The van der Waals surface area contributed by atoms with Crippen LogP contribution in [0.5, 0.6) is 5.75 Å². The molecule has 0 fully saturated rings. The van der Waals surface area contributed by atoms with Crippen LogP contribution in [0.3, 0.4) is 0 Å². The minimum atomic E-state index is -0.642. The Morgan fingerprint density at radius 1 is 1.09 bits per heavy atom. The number of fused-ring (bicyclic) bond motifs is 1. The van der Waals surface area contributed by atoms with Crippen LogP contribution >= 0.6 is 0 Å². The van der Waals surface area contributed by atoms with Gasteiger partial charge in [0, 0.05) is 19.0 Å². The normalized spacial score (nSPS) is 16.5. The van der Waals surface area contributed by atoms with Gasteiger partial charge in [0.25, 0.3) is 5.91 Å². The molecule has 6 heteroatoms. The summed E-state index contributed by atoms with van der Waals surface area (Å²) in [6.07, 6.45) is 1.00. The molecule has 2 unspecified atom stereocenters. The van der Waals surface area contributed by atoms with Gasteiger partial charge in [0.05, 0.1) is 6.04 Å². The Balaban J connectivity index is 1.87. The Bertz CT molecular complexity index is 972. The predicted molar refractivity (Wildman–Crippen MR) is 127 cm³/mol. The van der Waals surface area contributed by atoms with Gasteiger partial charge in [-0.15, -0.1) is 0 Å². The molecule has 0 bridgehead atoms. The van der Waals surface area contributed by atoms with E-state index in [-0.39, 0.29) is 29.6 Å². The van der Waals surface area contributed by atoms with E-state index in [1.165, 1.54) is 12.1 Å². The molecule has 0 spiro atoms. The summed E-state index contributed by atoms with van der Waals surface area (Å²) in [6, 6.07) is 11.8. The topological polar surface area (TPSA) is 58.6 Å². The van der Waals surface area contributed by atoms with Crippen LogP contribution in [0.25, 0.3) is 0 Å². The first-order chi connectivity index (χ1) is 15.7. The molecule has 1 aliphatic heterocycles. The van der Waals surface area contributed by atoms with Crippen LogP contribution in [0.1, 0.15) is 63.8 Å². The monoisotopic (exact) mass is 454 g/mol. The van der Waals surface area contributed by atoms with E-state index >= 15 is 0 Å². The molecule has 0 aliphatic carbocycles. The Kier molecular flexibility index (Phi) is 8.11. The van der Waals surface area contributed by atoms with Crippen molar-refractivity contribution in [2.75, 3.05) is 13.1 Å². The number of hydrogen-bond acceptors (Lipinski definition) is 3. The third kappa shape index (κ3) is 6.12. The zero-order chi connectivity index (χ0) is 24.1. The zero-order valence-corrected chi connectivity index (χ0v) is 20.2. The average Bonchev–Trinajstić information content (AvgIpc) is 2.78. The van der Waals surface area contributed by atoms with Gasteiger partial charge in [0.1, 0.15) is 11.6 Å². The van der Waals surface area contributed by atoms with Crippen molar-refractivity contribution in [1.29, 1.82) is 0 Å². The molecule has 0 radical (unpaired) electrons. The van der Waals surface area contributed by atoms with Crippen molar-refractivity contribution < 1.29 is 18.7 Å². The van der Waals surface area contributed by atoms with Gasteiger partial charge in [-0.3, -0.25) is 9.59 Å². The number of halogens is 1. The van der Waals surface area contributed by atoms with E-state index in [1.54, 1.807) is 19.1 Å². The summed E-state index contributed by atoms with van der Waals surface area (Å²) in [5.41, 5.74) is 2.92. The lowest BCUT2D eigenvalue weighted by Gasteiger charge is -2.39. The molecular weight excluding hydrogens is 419 g/mol. The molecule has 2 aromatic carbocycles. The van der Waals surface area contributed by atoms with Gasteiger partial charge in [-0.25, -0.2) is 4.39 Å². The highest BCUT2D eigenvalue weighted by atomic mass is 19.1. The van der Waals surface area contributed by atoms with E-state index in [0.29, 0.717) is 24.8 Å². The summed E-state index contributed by atoms with van der Waals surface area (Å²) in [5.74, 6) is 0.530. The van der Waals surface area contributed by atoms with Gasteiger partial charge in [0.2, 0.25) is 5.91 Å². The highest BCUT2D eigenvalue weighted by Gasteiger charge is 2.33. The van der Waals surface area contributed by atoms with E-state index < -0.39 is 6.10 Å². The van der Waals surface area contributed by atoms with E-state index in [4.69, 9.17) is 4.74 Å². The Labute approximate surface area is 196 Å². The number of rotatable bonds is 8. The highest BCUT2D eigenvalue weighted by molar-refractivity contribution is 5.81. The molecule has 2 atom stereocenters. The summed E-state index contributed by atoms with van der Waals surface area (Å²) in [5, 5.41) is 2.92. The van der Waals surface area contributed by atoms with Crippen LogP contribution in [0.2, 0.25) is 0 Å². The minimum absolute atomic E-state index is 0.0548. The molecule has 5 nitrogen and oxygen atoms in total. The average molecular weight is 455 g/mol. The second-order valence-corrected chi connectivity index (χ2v) is 9.48. The van der Waals surface area contributed by atoms with Crippen molar-refractivity contribution in [3.8, 4) is 5.75 Å². The predicted octanol–water partition coefficient (Wildman–Crippen LogP) is 4.89. The van der Waals surface area contributed by atoms with Crippen LogP contribution in [0.15, 0.2) is 42.5 Å². The molecule has 1 heterocycles. The lowest BCUT2D eigenvalue weighted by Crippen LogP contribution is -2.42. The Morgan fingerprint density at radius 3 is 2.42 bits per heavy atom. The Morgan fingerprint density at radius 2 is 1.79 bits per heavy atom. The molecule has 0 saturated heterocycles. The summed E-state index contributed by atoms with van der Waals surface area (Å²) in [6.45, 7) is 11.0. The molecule has 178 valence electrons. The summed E-state index contributed by atoms with van der Waals surface area (Å²) >= 11 is 0. The van der Waals surface area contributed by atoms with Crippen molar-refractivity contribution in [2.24, 2.45) is 11.8 Å². The molecule has 3 rings (SSSR count). The molecule has 1 aliphatic rings. The van der Waals surface area contributed by atoms with Gasteiger partial charge in [-0.1, -0.05) is 45.9 Å². The van der Waals surface area contributed by atoms with Crippen molar-refractivity contribution in [3.63, 3.8) is 0 Å². The van der Waals surface area contributed by atoms with Gasteiger partial charge in [-0.2, -0.15) is 0 Å². The minimum Gasteiger partial charge on any atom is -0.481 e. The lowest BCUT2D eigenvalue weighted by atomic mass is 9.87. The zero-order valence-electron chi connectivity index (χ0n) is 20.2. The molecular formula is C27H35FN2O3. The van der Waals surface area contributed by atoms with E-state index in [2.05, 4.69) is 19.2 Å². The van der Waals surface area contributed by atoms with Gasteiger partial charge >= 0.3 is 0 Å². The van der Waals surface area contributed by atoms with Crippen LogP contribution in [-0.2, 0) is 16.0 Å². The van der Waals surface area contributed by atoms with Crippen molar-refractivity contribution in [2.45, 2.75) is 59.6 Å². The van der Waals surface area contributed by atoms with Crippen molar-refractivity contribution >= 4 is 11.8 Å². The third-order valence-electron chi connectivity index (χ3n) is 6.01. The summed E-state index contributed by atoms with van der Waals surface area (Å²) in [7, 11) is 0. The maximum absolute atomic E-state index is 13.6. The largest absolute Gasteiger partial charge is 0.481 e. The second-order valence-electron chi connectivity index (χ2n) is 9.48. The maximum Gasteiger partial charge on any atom is 0.260 e. The standard InChI is InChI=1S/C27H35FN2O3/c1-17(2)12-14-29-26(31)19(5)33-23-11-8-20-13-15-30(27(32)18(3)4)25(24(20)16-23)21-6-9-22(28)10-7-21/h6-11,16-19,25H,12-15H2,1-5H3,(H,29,31).